The van der Waals surface area contributed by atoms with E-state index in [9.17, 15) is 9.18 Å². The topological polar surface area (TPSA) is 55.8 Å². The van der Waals surface area contributed by atoms with Crippen molar-refractivity contribution in [1.82, 2.24) is 14.9 Å². The van der Waals surface area contributed by atoms with Crippen LogP contribution in [-0.2, 0) is 4.79 Å². The van der Waals surface area contributed by atoms with Gasteiger partial charge in [-0.05, 0) is 12.1 Å². The Hall–Kier alpha value is -2.90. The Kier molecular flexibility index (Phi) is 5.27. The normalized spacial score (nSPS) is 17.8. The highest BCUT2D eigenvalue weighted by Crippen LogP contribution is 2.23. The van der Waals surface area contributed by atoms with Gasteiger partial charge < -0.3 is 19.6 Å². The van der Waals surface area contributed by atoms with E-state index in [0.717, 1.165) is 64.0 Å². The van der Waals surface area contributed by atoms with Crippen LogP contribution in [0.3, 0.4) is 0 Å². The lowest BCUT2D eigenvalue weighted by atomic mass is 10.2. The minimum atomic E-state index is -0.176. The molecule has 1 aromatic carbocycles. The number of nitrogens with zero attached hydrogens (tertiary/aromatic N) is 6. The molecule has 1 amide bonds. The number of carbonyl (C=O) groups excluding carboxylic acids is 1. The number of amides is 1. The summed E-state index contributed by atoms with van der Waals surface area (Å²) in [6, 6.07) is 8.93. The van der Waals surface area contributed by atoms with Gasteiger partial charge in [0, 0.05) is 65.3 Å². The molecular formula is C20H25FN6O. The van der Waals surface area contributed by atoms with Gasteiger partial charge in [0.15, 0.2) is 0 Å². The van der Waals surface area contributed by atoms with Crippen molar-refractivity contribution in [3.63, 3.8) is 0 Å². The summed E-state index contributed by atoms with van der Waals surface area (Å²) in [7, 11) is 0. The second-order valence-electron chi connectivity index (χ2n) is 7.15. The van der Waals surface area contributed by atoms with Gasteiger partial charge in [-0.1, -0.05) is 12.1 Å². The van der Waals surface area contributed by atoms with Crippen molar-refractivity contribution in [2.24, 2.45) is 0 Å². The highest BCUT2D eigenvalue weighted by atomic mass is 19.1. The maximum atomic E-state index is 14.0. The second kappa shape index (κ2) is 8.00. The molecule has 0 aliphatic carbocycles. The lowest BCUT2D eigenvalue weighted by Gasteiger charge is -2.37. The SMILES string of the molecule is CC(=O)N1CCN(c2cc(N3CCN(c4ccccc4F)CC3)ncn2)CC1. The van der Waals surface area contributed by atoms with Crippen LogP contribution < -0.4 is 14.7 Å². The Labute approximate surface area is 164 Å². The zero-order chi connectivity index (χ0) is 19.5. The fourth-order valence-corrected chi connectivity index (χ4v) is 3.82. The lowest BCUT2D eigenvalue weighted by Crippen LogP contribution is -2.48. The fraction of sp³-hybridized carbons (Fsp3) is 0.450. The molecule has 0 saturated carbocycles. The number of anilines is 3. The van der Waals surface area contributed by atoms with Crippen LogP contribution >= 0.6 is 0 Å². The lowest BCUT2D eigenvalue weighted by molar-refractivity contribution is -0.129. The summed E-state index contributed by atoms with van der Waals surface area (Å²) in [5.41, 5.74) is 0.661. The summed E-state index contributed by atoms with van der Waals surface area (Å²) >= 11 is 0. The van der Waals surface area contributed by atoms with Crippen LogP contribution in [0.1, 0.15) is 6.92 Å². The van der Waals surface area contributed by atoms with Crippen LogP contribution in [0, 0.1) is 5.82 Å². The Morgan fingerprint density at radius 3 is 1.96 bits per heavy atom. The average Bonchev–Trinajstić information content (AvgIpc) is 2.74. The first kappa shape index (κ1) is 18.5. The van der Waals surface area contributed by atoms with Gasteiger partial charge in [0.2, 0.25) is 5.91 Å². The summed E-state index contributed by atoms with van der Waals surface area (Å²) in [6.45, 7) is 7.65. The average molecular weight is 384 g/mol. The van der Waals surface area contributed by atoms with E-state index in [1.807, 2.05) is 23.1 Å². The van der Waals surface area contributed by atoms with Crippen LogP contribution in [0.4, 0.5) is 21.7 Å². The van der Waals surface area contributed by atoms with E-state index in [1.165, 1.54) is 6.07 Å². The van der Waals surface area contributed by atoms with Crippen molar-refractivity contribution in [2.45, 2.75) is 6.92 Å². The molecular weight excluding hydrogens is 359 g/mol. The quantitative estimate of drug-likeness (QED) is 0.802. The predicted octanol–water partition coefficient (Wildman–Crippen LogP) is 1.61. The first-order valence-corrected chi connectivity index (χ1v) is 9.69. The van der Waals surface area contributed by atoms with E-state index in [4.69, 9.17) is 0 Å². The van der Waals surface area contributed by atoms with Gasteiger partial charge >= 0.3 is 0 Å². The van der Waals surface area contributed by atoms with Crippen molar-refractivity contribution < 1.29 is 9.18 Å². The predicted molar refractivity (Wildman–Crippen MR) is 107 cm³/mol. The number of hydrogen-bond acceptors (Lipinski definition) is 6. The van der Waals surface area contributed by atoms with Crippen molar-refractivity contribution in [3.8, 4) is 0 Å². The molecule has 148 valence electrons. The third kappa shape index (κ3) is 3.85. The molecule has 28 heavy (non-hydrogen) atoms. The van der Waals surface area contributed by atoms with Crippen molar-refractivity contribution in [1.29, 1.82) is 0 Å². The Morgan fingerprint density at radius 2 is 1.39 bits per heavy atom. The van der Waals surface area contributed by atoms with Gasteiger partial charge in [-0.3, -0.25) is 4.79 Å². The largest absolute Gasteiger partial charge is 0.366 e. The van der Waals surface area contributed by atoms with Crippen LogP contribution in [0.25, 0.3) is 0 Å². The fourth-order valence-electron chi connectivity index (χ4n) is 3.82. The number of aromatic nitrogens is 2. The number of carbonyl (C=O) groups is 1. The number of piperazine rings is 2. The van der Waals surface area contributed by atoms with Crippen LogP contribution in [-0.4, -0.2) is 73.1 Å². The van der Waals surface area contributed by atoms with Crippen LogP contribution in [0.2, 0.25) is 0 Å². The van der Waals surface area contributed by atoms with E-state index in [1.54, 1.807) is 19.3 Å². The molecule has 0 atom stereocenters. The van der Waals surface area contributed by atoms with E-state index in [0.29, 0.717) is 5.69 Å². The first-order valence-electron chi connectivity index (χ1n) is 9.69. The molecule has 1 aromatic heterocycles. The maximum absolute atomic E-state index is 14.0. The molecule has 7 nitrogen and oxygen atoms in total. The zero-order valence-electron chi connectivity index (χ0n) is 16.1. The van der Waals surface area contributed by atoms with Crippen molar-refractivity contribution in [3.05, 3.63) is 42.5 Å². The van der Waals surface area contributed by atoms with Gasteiger partial charge in [-0.15, -0.1) is 0 Å². The molecule has 2 saturated heterocycles. The standard InChI is InChI=1S/C20H25FN6O/c1-16(28)24-6-10-26(11-7-24)19-14-20(23-15-22-19)27-12-8-25(9-13-27)18-5-3-2-4-17(18)21/h2-5,14-15H,6-13H2,1H3. The van der Waals surface area contributed by atoms with Gasteiger partial charge in [-0.25, -0.2) is 14.4 Å². The van der Waals surface area contributed by atoms with E-state index in [2.05, 4.69) is 24.7 Å². The molecule has 0 radical (unpaired) electrons. The minimum Gasteiger partial charge on any atom is -0.366 e. The molecule has 2 aliphatic rings. The second-order valence-corrected chi connectivity index (χ2v) is 7.15. The summed E-state index contributed by atoms with van der Waals surface area (Å²) in [5, 5.41) is 0. The maximum Gasteiger partial charge on any atom is 0.219 e. The molecule has 8 heteroatoms. The van der Waals surface area contributed by atoms with Gasteiger partial charge in [-0.2, -0.15) is 0 Å². The number of para-hydroxylation sites is 1. The monoisotopic (exact) mass is 384 g/mol. The van der Waals surface area contributed by atoms with E-state index >= 15 is 0 Å². The third-order valence-corrected chi connectivity index (χ3v) is 5.48. The molecule has 0 spiro atoms. The minimum absolute atomic E-state index is 0.121. The molecule has 2 aliphatic heterocycles. The number of benzene rings is 1. The molecule has 3 heterocycles. The molecule has 0 unspecified atom stereocenters. The van der Waals surface area contributed by atoms with Crippen LogP contribution in [0.15, 0.2) is 36.7 Å². The molecule has 0 N–H and O–H groups in total. The summed E-state index contributed by atoms with van der Waals surface area (Å²) in [4.78, 5) is 28.7. The molecule has 4 rings (SSSR count). The Bertz CT molecular complexity index is 831. The van der Waals surface area contributed by atoms with Gasteiger partial charge in [0.05, 0.1) is 5.69 Å². The summed E-state index contributed by atoms with van der Waals surface area (Å²) in [5.74, 6) is 1.73. The molecule has 2 aromatic rings. The molecule has 0 bridgehead atoms. The Morgan fingerprint density at radius 1 is 0.857 bits per heavy atom. The number of rotatable bonds is 3. The number of hydrogen-bond donors (Lipinski definition) is 0. The van der Waals surface area contributed by atoms with Gasteiger partial charge in [0.1, 0.15) is 23.8 Å². The zero-order valence-corrected chi connectivity index (χ0v) is 16.1. The smallest absolute Gasteiger partial charge is 0.219 e. The first-order chi connectivity index (χ1) is 13.6. The van der Waals surface area contributed by atoms with Crippen LogP contribution in [0.5, 0.6) is 0 Å². The molecule has 2 fully saturated rings. The van der Waals surface area contributed by atoms with Gasteiger partial charge in [0.25, 0.3) is 0 Å². The Balaban J connectivity index is 1.39. The van der Waals surface area contributed by atoms with Crippen molar-refractivity contribution >= 4 is 23.2 Å². The summed E-state index contributed by atoms with van der Waals surface area (Å²) < 4.78 is 14.0. The van der Waals surface area contributed by atoms with Crippen molar-refractivity contribution in [2.75, 3.05) is 67.1 Å². The third-order valence-electron chi connectivity index (χ3n) is 5.48. The number of halogens is 1. The summed E-state index contributed by atoms with van der Waals surface area (Å²) in [6.07, 6.45) is 1.60. The van der Waals surface area contributed by atoms with E-state index < -0.39 is 0 Å². The highest BCUT2D eigenvalue weighted by molar-refractivity contribution is 5.73. The van der Waals surface area contributed by atoms with E-state index in [-0.39, 0.29) is 11.7 Å². The highest BCUT2D eigenvalue weighted by Gasteiger charge is 2.23.